The first-order valence-electron chi connectivity index (χ1n) is 10.00. The number of aromatic nitrogens is 5. The van der Waals surface area contributed by atoms with E-state index in [0.717, 1.165) is 41.3 Å². The van der Waals surface area contributed by atoms with Crippen LogP contribution in [0.5, 0.6) is 0 Å². The molecule has 3 heterocycles. The Morgan fingerprint density at radius 2 is 1.77 bits per heavy atom. The molecule has 0 saturated heterocycles. The Morgan fingerprint density at radius 3 is 2.53 bits per heavy atom. The van der Waals surface area contributed by atoms with Gasteiger partial charge in [-0.25, -0.2) is 9.50 Å². The number of hydrogen-bond donors (Lipinski definition) is 0. The number of aryl methyl sites for hydroxylation is 4. The van der Waals surface area contributed by atoms with Crippen LogP contribution >= 0.6 is 11.8 Å². The van der Waals surface area contributed by atoms with E-state index in [1.54, 1.807) is 4.52 Å². The number of fused-ring (bicyclic) bond motifs is 1. The van der Waals surface area contributed by atoms with Crippen LogP contribution in [0, 0.1) is 27.7 Å². The van der Waals surface area contributed by atoms with E-state index in [9.17, 15) is 4.79 Å². The molecule has 4 aromatic rings. The Bertz CT molecular complexity index is 1210. The number of carbonyl (C=O) groups excluding carboxylic acids is 1. The van der Waals surface area contributed by atoms with Crippen LogP contribution in [0.4, 0.5) is 0 Å². The molecular formula is C23H25N5OS. The van der Waals surface area contributed by atoms with E-state index in [2.05, 4.69) is 50.8 Å². The van der Waals surface area contributed by atoms with Gasteiger partial charge in [-0.1, -0.05) is 42.1 Å². The maximum atomic E-state index is 12.9. The van der Waals surface area contributed by atoms with E-state index in [-0.39, 0.29) is 5.78 Å². The summed E-state index contributed by atoms with van der Waals surface area (Å²) in [4.78, 5) is 21.8. The molecule has 0 aliphatic rings. The monoisotopic (exact) mass is 419 g/mol. The van der Waals surface area contributed by atoms with Crippen molar-refractivity contribution in [3.8, 4) is 0 Å². The quantitative estimate of drug-likeness (QED) is 0.329. The molecule has 154 valence electrons. The third kappa shape index (κ3) is 4.16. The van der Waals surface area contributed by atoms with Crippen molar-refractivity contribution in [2.75, 3.05) is 5.75 Å². The van der Waals surface area contributed by atoms with Gasteiger partial charge in [0.25, 0.3) is 5.78 Å². The van der Waals surface area contributed by atoms with Crippen LogP contribution in [-0.4, -0.2) is 35.7 Å². The van der Waals surface area contributed by atoms with Gasteiger partial charge in [0.1, 0.15) is 0 Å². The molecule has 0 radical (unpaired) electrons. The Hall–Kier alpha value is -2.93. The second-order valence-electron chi connectivity index (χ2n) is 7.53. The van der Waals surface area contributed by atoms with Crippen LogP contribution < -0.4 is 0 Å². The van der Waals surface area contributed by atoms with E-state index in [4.69, 9.17) is 0 Å². The van der Waals surface area contributed by atoms with Crippen LogP contribution in [0.15, 0.2) is 47.6 Å². The zero-order chi connectivity index (χ0) is 21.3. The van der Waals surface area contributed by atoms with Gasteiger partial charge in [-0.15, -0.1) is 5.10 Å². The van der Waals surface area contributed by atoms with Gasteiger partial charge < -0.3 is 4.57 Å². The van der Waals surface area contributed by atoms with Gasteiger partial charge in [0.05, 0.1) is 5.75 Å². The first-order chi connectivity index (χ1) is 14.4. The average molecular weight is 420 g/mol. The minimum Gasteiger partial charge on any atom is -0.348 e. The third-order valence-corrected chi connectivity index (χ3v) is 6.11. The maximum Gasteiger partial charge on any atom is 0.253 e. The molecule has 7 heteroatoms. The fraction of sp³-hybridized carbons (Fsp3) is 0.304. The van der Waals surface area contributed by atoms with Crippen molar-refractivity contribution < 1.29 is 4.79 Å². The summed E-state index contributed by atoms with van der Waals surface area (Å²) < 4.78 is 3.94. The highest BCUT2D eigenvalue weighted by Crippen LogP contribution is 2.21. The zero-order valence-corrected chi connectivity index (χ0v) is 18.5. The lowest BCUT2D eigenvalue weighted by molar-refractivity contribution is 0.102. The summed E-state index contributed by atoms with van der Waals surface area (Å²) >= 11 is 1.36. The number of Topliss-reactive ketones (excluding diaryl/α,β-unsaturated/α-hetero) is 1. The van der Waals surface area contributed by atoms with Crippen LogP contribution in [-0.2, 0) is 13.0 Å². The Labute approximate surface area is 180 Å². The van der Waals surface area contributed by atoms with Crippen molar-refractivity contribution in [2.45, 2.75) is 45.8 Å². The molecule has 0 aliphatic heterocycles. The van der Waals surface area contributed by atoms with Gasteiger partial charge in [0, 0.05) is 34.9 Å². The summed E-state index contributed by atoms with van der Waals surface area (Å²) in [6, 6.07) is 14.4. The second-order valence-corrected chi connectivity index (χ2v) is 8.47. The number of ketones is 1. The van der Waals surface area contributed by atoms with Crippen molar-refractivity contribution in [1.29, 1.82) is 0 Å². The normalized spacial score (nSPS) is 11.3. The molecule has 0 fully saturated rings. The molecule has 4 rings (SSSR count). The van der Waals surface area contributed by atoms with Crippen molar-refractivity contribution in [3.05, 3.63) is 76.4 Å². The Balaban J connectivity index is 1.45. The van der Waals surface area contributed by atoms with Gasteiger partial charge in [-0.05, 0) is 51.8 Å². The summed E-state index contributed by atoms with van der Waals surface area (Å²) in [6.07, 6.45) is 0.941. The van der Waals surface area contributed by atoms with Crippen molar-refractivity contribution in [3.63, 3.8) is 0 Å². The lowest BCUT2D eigenvalue weighted by Gasteiger charge is -2.10. The molecule has 0 bridgehead atoms. The van der Waals surface area contributed by atoms with E-state index >= 15 is 0 Å². The Morgan fingerprint density at radius 1 is 1.00 bits per heavy atom. The summed E-state index contributed by atoms with van der Waals surface area (Å²) in [5.74, 6) is 0.970. The standard InChI is InChI=1S/C23H25N5OS/c1-15-12-17(3)28-22(24-15)25-23(26-28)30-14-21(29)20-13-16(2)27(18(20)4)11-10-19-8-6-5-7-9-19/h5-9,12-13H,10-11,14H2,1-4H3. The topological polar surface area (TPSA) is 65.1 Å². The smallest absolute Gasteiger partial charge is 0.253 e. The van der Waals surface area contributed by atoms with Gasteiger partial charge >= 0.3 is 0 Å². The molecule has 0 saturated carbocycles. The van der Waals surface area contributed by atoms with Crippen molar-refractivity contribution >= 4 is 23.3 Å². The number of carbonyl (C=O) groups is 1. The molecule has 0 aliphatic carbocycles. The molecule has 0 amide bonds. The first kappa shape index (κ1) is 20.3. The maximum absolute atomic E-state index is 12.9. The summed E-state index contributed by atoms with van der Waals surface area (Å²) in [6.45, 7) is 8.85. The highest BCUT2D eigenvalue weighted by Gasteiger charge is 2.17. The predicted octanol–water partition coefficient (Wildman–Crippen LogP) is 4.38. The predicted molar refractivity (Wildman–Crippen MR) is 119 cm³/mol. The van der Waals surface area contributed by atoms with Crippen LogP contribution in [0.1, 0.15) is 38.7 Å². The highest BCUT2D eigenvalue weighted by molar-refractivity contribution is 7.99. The van der Waals surface area contributed by atoms with Crippen LogP contribution in [0.3, 0.4) is 0 Å². The van der Waals surface area contributed by atoms with Crippen molar-refractivity contribution in [2.24, 2.45) is 0 Å². The second kappa shape index (κ2) is 8.44. The van der Waals surface area contributed by atoms with E-state index in [1.165, 1.54) is 17.3 Å². The largest absolute Gasteiger partial charge is 0.348 e. The van der Waals surface area contributed by atoms with Gasteiger partial charge in [0.15, 0.2) is 5.78 Å². The van der Waals surface area contributed by atoms with E-state index in [1.807, 2.05) is 39.0 Å². The van der Waals surface area contributed by atoms with Gasteiger partial charge in [-0.3, -0.25) is 4.79 Å². The first-order valence-corrected chi connectivity index (χ1v) is 11.0. The number of nitrogens with zero attached hydrogens (tertiary/aromatic N) is 5. The number of rotatable bonds is 7. The van der Waals surface area contributed by atoms with E-state index in [0.29, 0.717) is 16.7 Å². The Kier molecular flexibility index (Phi) is 5.72. The molecular weight excluding hydrogens is 394 g/mol. The molecule has 0 spiro atoms. The van der Waals surface area contributed by atoms with Crippen molar-refractivity contribution in [1.82, 2.24) is 24.1 Å². The SMILES string of the molecule is Cc1cc(C)n2nc(SCC(=O)c3cc(C)n(CCc4ccccc4)c3C)nc2n1. The minimum atomic E-state index is 0.0961. The van der Waals surface area contributed by atoms with Crippen LogP contribution in [0.25, 0.3) is 5.78 Å². The minimum absolute atomic E-state index is 0.0961. The molecule has 0 N–H and O–H groups in total. The highest BCUT2D eigenvalue weighted by atomic mass is 32.2. The zero-order valence-electron chi connectivity index (χ0n) is 17.7. The molecule has 0 atom stereocenters. The van der Waals surface area contributed by atoms with Crippen LogP contribution in [0.2, 0.25) is 0 Å². The number of hydrogen-bond acceptors (Lipinski definition) is 5. The van der Waals surface area contributed by atoms with E-state index < -0.39 is 0 Å². The molecule has 6 nitrogen and oxygen atoms in total. The lowest BCUT2D eigenvalue weighted by Crippen LogP contribution is -2.08. The summed E-state index contributed by atoms with van der Waals surface area (Å²) in [7, 11) is 0. The average Bonchev–Trinajstić information content (AvgIpc) is 3.26. The fourth-order valence-corrected chi connectivity index (χ4v) is 4.43. The molecule has 30 heavy (non-hydrogen) atoms. The number of benzene rings is 1. The number of thioether (sulfide) groups is 1. The molecule has 3 aromatic heterocycles. The third-order valence-electron chi connectivity index (χ3n) is 5.27. The summed E-state index contributed by atoms with van der Waals surface area (Å²) in [5.41, 5.74) is 6.09. The molecule has 0 unspecified atom stereocenters. The lowest BCUT2D eigenvalue weighted by atomic mass is 10.1. The van der Waals surface area contributed by atoms with Gasteiger partial charge in [-0.2, -0.15) is 4.98 Å². The summed E-state index contributed by atoms with van der Waals surface area (Å²) in [5, 5.41) is 5.05. The fourth-order valence-electron chi connectivity index (χ4n) is 3.73. The molecule has 1 aromatic carbocycles. The van der Waals surface area contributed by atoms with Gasteiger partial charge in [0.2, 0.25) is 5.16 Å².